The van der Waals surface area contributed by atoms with Crippen LogP contribution in [0.2, 0.25) is 0 Å². The average molecular weight is 273 g/mol. The first-order valence-electron chi connectivity index (χ1n) is 9.13. The molecule has 20 heavy (non-hydrogen) atoms. The monoisotopic (exact) mass is 273 g/mol. The van der Waals surface area contributed by atoms with E-state index in [0.717, 1.165) is 35.8 Å². The molecule has 0 saturated heterocycles. The van der Waals surface area contributed by atoms with Gasteiger partial charge in [0.2, 0.25) is 0 Å². The van der Waals surface area contributed by atoms with Crippen LogP contribution in [0.15, 0.2) is 0 Å². The predicted octanol–water partition coefficient (Wildman–Crippen LogP) is 5.44. The summed E-state index contributed by atoms with van der Waals surface area (Å²) in [6.07, 6.45) is 14.1. The molecule has 1 nitrogen and oxygen atoms in total. The summed E-state index contributed by atoms with van der Waals surface area (Å²) in [5.74, 6) is 3.83. The van der Waals surface area contributed by atoms with Crippen LogP contribution >= 0.6 is 0 Å². The number of fused-ring (bicyclic) bond motifs is 5. The summed E-state index contributed by atoms with van der Waals surface area (Å²) in [5.41, 5.74) is 2.05. The van der Waals surface area contributed by atoms with Crippen LogP contribution < -0.4 is 0 Å². The normalized spacial score (nSPS) is 55.0. The first-order chi connectivity index (χ1) is 9.56. The number of rotatable bonds is 0. The Labute approximate surface area is 124 Å². The van der Waals surface area contributed by atoms with E-state index in [-0.39, 0.29) is 0 Å². The van der Waals surface area contributed by atoms with Crippen LogP contribution in [0, 0.1) is 39.9 Å². The molecule has 4 saturated carbocycles. The minimum Gasteiger partial charge on any atom is -0.309 e. The van der Waals surface area contributed by atoms with Gasteiger partial charge in [0.25, 0.3) is 0 Å². The largest absolute Gasteiger partial charge is 0.309 e. The first-order valence-corrected chi connectivity index (χ1v) is 9.13. The second kappa shape index (κ2) is 4.34. The Bertz CT molecular complexity index is 427. The quantitative estimate of drug-likeness (QED) is 0.608. The lowest BCUT2D eigenvalue weighted by atomic mass is 9.45. The molecule has 0 aromatic heterocycles. The molecule has 0 unspecified atom stereocenters. The highest BCUT2D eigenvalue weighted by atomic mass is 14.7. The van der Waals surface area contributed by atoms with Gasteiger partial charge < -0.3 is 5.41 Å². The standard InChI is InChI=1S/C19H31N/c1-18-11-4-3-5-13(18)6-7-14-15-8-9-17(20)19(15,2)12-10-16(14)18/h13-16,20H,3-12H2,1-2H3/t13-,14-,15+,16+,18+,19-/m0/s1. The zero-order valence-electron chi connectivity index (χ0n) is 13.4. The number of nitrogens with one attached hydrogen (secondary N) is 1. The van der Waals surface area contributed by atoms with E-state index in [1.54, 1.807) is 0 Å². The Morgan fingerprint density at radius 2 is 1.75 bits per heavy atom. The predicted molar refractivity (Wildman–Crippen MR) is 84.1 cm³/mol. The van der Waals surface area contributed by atoms with Gasteiger partial charge in [-0.15, -0.1) is 0 Å². The van der Waals surface area contributed by atoms with Crippen molar-refractivity contribution >= 4 is 5.71 Å². The van der Waals surface area contributed by atoms with E-state index >= 15 is 0 Å². The fraction of sp³-hybridized carbons (Fsp3) is 0.947. The Balaban J connectivity index is 1.66. The molecule has 4 fully saturated rings. The van der Waals surface area contributed by atoms with Gasteiger partial charge in [-0.1, -0.05) is 26.7 Å². The highest BCUT2D eigenvalue weighted by Gasteiger charge is 2.58. The zero-order valence-corrected chi connectivity index (χ0v) is 13.4. The van der Waals surface area contributed by atoms with Crippen LogP contribution in [0.4, 0.5) is 0 Å². The molecule has 0 spiro atoms. The first kappa shape index (κ1) is 13.3. The van der Waals surface area contributed by atoms with Crippen LogP contribution in [0.3, 0.4) is 0 Å². The Morgan fingerprint density at radius 3 is 2.60 bits per heavy atom. The van der Waals surface area contributed by atoms with Gasteiger partial charge in [-0.25, -0.2) is 0 Å². The van der Waals surface area contributed by atoms with Crippen molar-refractivity contribution in [2.24, 2.45) is 34.5 Å². The highest BCUT2D eigenvalue weighted by molar-refractivity contribution is 5.89. The third-order valence-electron chi connectivity index (χ3n) is 8.37. The fourth-order valence-corrected chi connectivity index (χ4v) is 7.11. The van der Waals surface area contributed by atoms with E-state index in [1.165, 1.54) is 57.8 Å². The van der Waals surface area contributed by atoms with Crippen molar-refractivity contribution in [2.45, 2.75) is 78.1 Å². The van der Waals surface area contributed by atoms with Crippen molar-refractivity contribution in [3.05, 3.63) is 0 Å². The molecule has 4 rings (SSSR count). The fourth-order valence-electron chi connectivity index (χ4n) is 7.11. The topological polar surface area (TPSA) is 23.9 Å². The second-order valence-electron chi connectivity index (χ2n) is 8.88. The molecule has 0 aromatic carbocycles. The maximum absolute atomic E-state index is 8.41. The molecule has 4 aliphatic rings. The molecule has 1 heteroatoms. The van der Waals surface area contributed by atoms with Crippen molar-refractivity contribution in [1.29, 1.82) is 5.41 Å². The van der Waals surface area contributed by atoms with Gasteiger partial charge >= 0.3 is 0 Å². The summed E-state index contributed by atoms with van der Waals surface area (Å²) in [7, 11) is 0. The Morgan fingerprint density at radius 1 is 0.900 bits per heavy atom. The zero-order chi connectivity index (χ0) is 14.0. The van der Waals surface area contributed by atoms with Gasteiger partial charge in [0.1, 0.15) is 0 Å². The molecule has 1 N–H and O–H groups in total. The average Bonchev–Trinajstić information content (AvgIpc) is 2.74. The highest BCUT2D eigenvalue weighted by Crippen LogP contribution is 2.65. The Hall–Kier alpha value is -0.330. The van der Waals surface area contributed by atoms with Gasteiger partial charge in [0.15, 0.2) is 0 Å². The van der Waals surface area contributed by atoms with Crippen LogP contribution in [0.1, 0.15) is 78.1 Å². The van der Waals surface area contributed by atoms with E-state index < -0.39 is 0 Å². The number of hydrogen-bond acceptors (Lipinski definition) is 1. The molecule has 112 valence electrons. The van der Waals surface area contributed by atoms with E-state index in [9.17, 15) is 0 Å². The molecule has 0 aromatic rings. The summed E-state index contributed by atoms with van der Waals surface area (Å²) in [5, 5.41) is 8.41. The van der Waals surface area contributed by atoms with Crippen molar-refractivity contribution in [3.8, 4) is 0 Å². The SMILES string of the molecule is C[C@@]12CCCC[C@H]1CC[C@@H]1[C@H]2CC[C@]2(C)C(=N)CC[C@H]12. The lowest BCUT2D eigenvalue weighted by Crippen LogP contribution is -2.52. The van der Waals surface area contributed by atoms with Gasteiger partial charge in [-0.2, -0.15) is 0 Å². The summed E-state index contributed by atoms with van der Waals surface area (Å²) < 4.78 is 0. The summed E-state index contributed by atoms with van der Waals surface area (Å²) in [6.45, 7) is 5.08. The van der Waals surface area contributed by atoms with Gasteiger partial charge in [0, 0.05) is 11.1 Å². The third-order valence-corrected chi connectivity index (χ3v) is 8.37. The van der Waals surface area contributed by atoms with E-state index in [4.69, 9.17) is 5.41 Å². The maximum Gasteiger partial charge on any atom is 0.0151 e. The minimum atomic E-state index is 0.291. The van der Waals surface area contributed by atoms with Crippen molar-refractivity contribution in [1.82, 2.24) is 0 Å². The van der Waals surface area contributed by atoms with Crippen molar-refractivity contribution < 1.29 is 0 Å². The van der Waals surface area contributed by atoms with Crippen LogP contribution in [-0.4, -0.2) is 5.71 Å². The second-order valence-corrected chi connectivity index (χ2v) is 8.88. The van der Waals surface area contributed by atoms with E-state index in [0.29, 0.717) is 10.8 Å². The molecule has 0 amide bonds. The summed E-state index contributed by atoms with van der Waals surface area (Å²) >= 11 is 0. The third kappa shape index (κ3) is 1.58. The van der Waals surface area contributed by atoms with Gasteiger partial charge in [-0.3, -0.25) is 0 Å². The van der Waals surface area contributed by atoms with Gasteiger partial charge in [-0.05, 0) is 80.5 Å². The molecule has 0 heterocycles. The molecular formula is C19H31N. The molecular weight excluding hydrogens is 242 g/mol. The van der Waals surface area contributed by atoms with Gasteiger partial charge in [0.05, 0.1) is 0 Å². The molecule has 6 atom stereocenters. The lowest BCUT2D eigenvalue weighted by Gasteiger charge is -2.59. The summed E-state index contributed by atoms with van der Waals surface area (Å²) in [6, 6.07) is 0. The molecule has 0 bridgehead atoms. The number of hydrogen-bond donors (Lipinski definition) is 1. The van der Waals surface area contributed by atoms with Crippen molar-refractivity contribution in [2.75, 3.05) is 0 Å². The molecule has 0 radical (unpaired) electrons. The lowest BCUT2D eigenvalue weighted by molar-refractivity contribution is -0.0936. The van der Waals surface area contributed by atoms with Crippen LogP contribution in [-0.2, 0) is 0 Å². The molecule has 0 aliphatic heterocycles. The molecule has 4 aliphatic carbocycles. The minimum absolute atomic E-state index is 0.291. The van der Waals surface area contributed by atoms with E-state index in [2.05, 4.69) is 13.8 Å². The Kier molecular flexibility index (Phi) is 2.89. The van der Waals surface area contributed by atoms with E-state index in [1.807, 2.05) is 0 Å². The maximum atomic E-state index is 8.41. The van der Waals surface area contributed by atoms with Crippen molar-refractivity contribution in [3.63, 3.8) is 0 Å². The van der Waals surface area contributed by atoms with Crippen LogP contribution in [0.5, 0.6) is 0 Å². The smallest absolute Gasteiger partial charge is 0.0151 e. The summed E-state index contributed by atoms with van der Waals surface area (Å²) in [4.78, 5) is 0. The van der Waals surface area contributed by atoms with Crippen LogP contribution in [0.25, 0.3) is 0 Å².